The monoisotopic (exact) mass is 390 g/mol. The van der Waals surface area contributed by atoms with Crippen molar-refractivity contribution in [3.05, 3.63) is 30.1 Å². The van der Waals surface area contributed by atoms with E-state index in [9.17, 15) is 4.79 Å². The van der Waals surface area contributed by atoms with Gasteiger partial charge in [0, 0.05) is 19.2 Å². The predicted molar refractivity (Wildman–Crippen MR) is 110 cm³/mol. The van der Waals surface area contributed by atoms with Gasteiger partial charge in [-0.1, -0.05) is 44.4 Å². The number of ether oxygens (including phenoxy) is 1. The van der Waals surface area contributed by atoms with Crippen LogP contribution in [0.25, 0.3) is 0 Å². The zero-order valence-electron chi connectivity index (χ0n) is 16.5. The van der Waals surface area contributed by atoms with Crippen molar-refractivity contribution in [2.24, 2.45) is 7.05 Å². The Kier molecular flexibility index (Phi) is 9.18. The second-order valence-electron chi connectivity index (χ2n) is 6.42. The van der Waals surface area contributed by atoms with Crippen molar-refractivity contribution in [1.82, 2.24) is 14.8 Å². The topological polar surface area (TPSA) is 69.0 Å². The third-order valence-corrected chi connectivity index (χ3v) is 5.23. The number of nitrogens with one attached hydrogen (secondary N) is 1. The van der Waals surface area contributed by atoms with Gasteiger partial charge in [-0.05, 0) is 37.6 Å². The first-order valence-electron chi connectivity index (χ1n) is 9.67. The van der Waals surface area contributed by atoms with E-state index in [-0.39, 0.29) is 5.91 Å². The number of benzene rings is 1. The van der Waals surface area contributed by atoms with Crippen molar-refractivity contribution >= 4 is 23.4 Å². The highest BCUT2D eigenvalue weighted by Crippen LogP contribution is 2.19. The molecule has 2 rings (SSSR count). The molecule has 1 heterocycles. The molecule has 0 saturated heterocycles. The third-order valence-electron chi connectivity index (χ3n) is 4.21. The minimum absolute atomic E-state index is 0.0618. The maximum absolute atomic E-state index is 12.2. The van der Waals surface area contributed by atoms with Crippen LogP contribution in [0.3, 0.4) is 0 Å². The number of unbranched alkanes of at least 4 members (excludes halogenated alkanes) is 4. The molecule has 0 bridgehead atoms. The molecule has 6 nitrogen and oxygen atoms in total. The fourth-order valence-corrected chi connectivity index (χ4v) is 3.43. The fraction of sp³-hybridized carbons (Fsp3) is 0.550. The average Bonchev–Trinajstić information content (AvgIpc) is 3.01. The van der Waals surface area contributed by atoms with E-state index in [2.05, 4.69) is 22.4 Å². The van der Waals surface area contributed by atoms with E-state index in [0.717, 1.165) is 35.3 Å². The van der Waals surface area contributed by atoms with Gasteiger partial charge in [0.2, 0.25) is 5.91 Å². The number of thioether (sulfide) groups is 1. The maximum Gasteiger partial charge on any atom is 0.234 e. The van der Waals surface area contributed by atoms with Crippen molar-refractivity contribution in [2.45, 2.75) is 57.5 Å². The number of nitrogens with zero attached hydrogens (tertiary/aromatic N) is 3. The van der Waals surface area contributed by atoms with Gasteiger partial charge in [0.1, 0.15) is 11.6 Å². The highest BCUT2D eigenvalue weighted by Gasteiger charge is 2.11. The van der Waals surface area contributed by atoms with Gasteiger partial charge in [0.05, 0.1) is 12.4 Å². The molecule has 0 spiro atoms. The number of anilines is 1. The molecule has 148 valence electrons. The summed E-state index contributed by atoms with van der Waals surface area (Å²) in [6.07, 6.45) is 7.13. The Bertz CT molecular complexity index is 701. The van der Waals surface area contributed by atoms with Crippen LogP contribution in [0.4, 0.5) is 5.69 Å². The number of hydrogen-bond acceptors (Lipinski definition) is 5. The van der Waals surface area contributed by atoms with Crippen molar-refractivity contribution in [1.29, 1.82) is 0 Å². The van der Waals surface area contributed by atoms with Crippen LogP contribution < -0.4 is 10.1 Å². The largest absolute Gasteiger partial charge is 0.494 e. The molecule has 2 aromatic rings. The fourth-order valence-electron chi connectivity index (χ4n) is 2.70. The first-order valence-corrected chi connectivity index (χ1v) is 10.7. The summed E-state index contributed by atoms with van der Waals surface area (Å²) in [5.41, 5.74) is 0.759. The normalized spacial score (nSPS) is 10.8. The van der Waals surface area contributed by atoms with Crippen molar-refractivity contribution < 1.29 is 9.53 Å². The molecular formula is C20H30N4O2S. The van der Waals surface area contributed by atoms with E-state index in [1.54, 1.807) is 0 Å². The van der Waals surface area contributed by atoms with Crippen LogP contribution in [0.2, 0.25) is 0 Å². The molecule has 27 heavy (non-hydrogen) atoms. The second kappa shape index (κ2) is 11.6. The summed E-state index contributed by atoms with van der Waals surface area (Å²) in [6, 6.07) is 7.38. The van der Waals surface area contributed by atoms with Crippen molar-refractivity contribution in [2.75, 3.05) is 17.7 Å². The summed E-state index contributed by atoms with van der Waals surface area (Å²) < 4.78 is 7.39. The van der Waals surface area contributed by atoms with Crippen LogP contribution in [0.15, 0.2) is 29.4 Å². The van der Waals surface area contributed by atoms with Crippen LogP contribution >= 0.6 is 11.8 Å². The summed E-state index contributed by atoms with van der Waals surface area (Å²) in [4.78, 5) is 12.2. The summed E-state index contributed by atoms with van der Waals surface area (Å²) in [7, 11) is 1.97. The summed E-state index contributed by atoms with van der Waals surface area (Å²) >= 11 is 1.41. The van der Waals surface area contributed by atoms with Crippen LogP contribution in [-0.4, -0.2) is 33.0 Å². The smallest absolute Gasteiger partial charge is 0.234 e. The van der Waals surface area contributed by atoms with Crippen molar-refractivity contribution in [3.8, 4) is 5.75 Å². The van der Waals surface area contributed by atoms with E-state index < -0.39 is 0 Å². The summed E-state index contributed by atoms with van der Waals surface area (Å²) in [6.45, 7) is 4.79. The molecule has 1 amide bonds. The van der Waals surface area contributed by atoms with Gasteiger partial charge in [0.15, 0.2) is 5.16 Å². The molecule has 0 aliphatic heterocycles. The SMILES string of the molecule is CCCCCCCc1nnc(SCC(=O)Nc2ccc(OCC)cc2)n1C. The van der Waals surface area contributed by atoms with Gasteiger partial charge >= 0.3 is 0 Å². The minimum atomic E-state index is -0.0618. The second-order valence-corrected chi connectivity index (χ2v) is 7.36. The predicted octanol–water partition coefficient (Wildman–Crippen LogP) is 4.46. The zero-order valence-corrected chi connectivity index (χ0v) is 17.3. The molecule has 0 aliphatic carbocycles. The molecule has 0 aliphatic rings. The molecule has 1 N–H and O–H groups in total. The van der Waals surface area contributed by atoms with E-state index in [1.807, 2.05) is 42.8 Å². The Morgan fingerprint density at radius 1 is 1.11 bits per heavy atom. The van der Waals surface area contributed by atoms with Gasteiger partial charge in [-0.15, -0.1) is 10.2 Å². The Morgan fingerprint density at radius 2 is 1.85 bits per heavy atom. The molecule has 0 unspecified atom stereocenters. The van der Waals surface area contributed by atoms with Gasteiger partial charge in [-0.2, -0.15) is 0 Å². The van der Waals surface area contributed by atoms with E-state index >= 15 is 0 Å². The van der Waals surface area contributed by atoms with Gasteiger partial charge in [0.25, 0.3) is 0 Å². The lowest BCUT2D eigenvalue weighted by Crippen LogP contribution is -2.14. The minimum Gasteiger partial charge on any atom is -0.494 e. The molecule has 0 atom stereocenters. The highest BCUT2D eigenvalue weighted by molar-refractivity contribution is 7.99. The first kappa shape index (κ1) is 21.3. The molecule has 1 aromatic heterocycles. The van der Waals surface area contributed by atoms with Crippen LogP contribution in [-0.2, 0) is 18.3 Å². The number of hydrogen-bond donors (Lipinski definition) is 1. The number of rotatable bonds is 12. The Hall–Kier alpha value is -2.02. The average molecular weight is 391 g/mol. The zero-order chi connectivity index (χ0) is 19.5. The molecule has 1 aromatic carbocycles. The third kappa shape index (κ3) is 7.25. The van der Waals surface area contributed by atoms with Crippen LogP contribution in [0.1, 0.15) is 51.8 Å². The highest BCUT2D eigenvalue weighted by atomic mass is 32.2. The van der Waals surface area contributed by atoms with Crippen LogP contribution in [0, 0.1) is 0 Å². The van der Waals surface area contributed by atoms with Gasteiger partial charge < -0.3 is 14.6 Å². The summed E-state index contributed by atoms with van der Waals surface area (Å²) in [5, 5.41) is 12.2. The number of aryl methyl sites for hydroxylation is 1. The lowest BCUT2D eigenvalue weighted by Gasteiger charge is -2.07. The first-order chi connectivity index (χ1) is 13.1. The van der Waals surface area contributed by atoms with Gasteiger partial charge in [-0.3, -0.25) is 4.79 Å². The lowest BCUT2D eigenvalue weighted by molar-refractivity contribution is -0.113. The van der Waals surface area contributed by atoms with E-state index in [4.69, 9.17) is 4.74 Å². The molecule has 0 radical (unpaired) electrons. The van der Waals surface area contributed by atoms with E-state index in [1.165, 1.54) is 37.4 Å². The number of amides is 1. The number of aromatic nitrogens is 3. The Labute approximate surface area is 166 Å². The number of carbonyl (C=O) groups is 1. The number of carbonyl (C=O) groups excluding carboxylic acids is 1. The Balaban J connectivity index is 1.76. The van der Waals surface area contributed by atoms with Gasteiger partial charge in [-0.25, -0.2) is 0 Å². The standard InChI is InChI=1S/C20H30N4O2S/c1-4-6-7-8-9-10-18-22-23-20(24(18)3)27-15-19(25)21-16-11-13-17(14-12-16)26-5-2/h11-14H,4-10,15H2,1-3H3,(H,21,25). The lowest BCUT2D eigenvalue weighted by atomic mass is 10.1. The summed E-state index contributed by atoms with van der Waals surface area (Å²) in [5.74, 6) is 2.02. The molecule has 7 heteroatoms. The molecular weight excluding hydrogens is 360 g/mol. The van der Waals surface area contributed by atoms with Crippen LogP contribution in [0.5, 0.6) is 5.75 Å². The molecule has 0 saturated carbocycles. The maximum atomic E-state index is 12.2. The quantitative estimate of drug-likeness (QED) is 0.428. The molecule has 0 fully saturated rings. The van der Waals surface area contributed by atoms with E-state index in [0.29, 0.717) is 12.4 Å². The van der Waals surface area contributed by atoms with Crippen molar-refractivity contribution in [3.63, 3.8) is 0 Å². The Morgan fingerprint density at radius 3 is 2.56 bits per heavy atom.